The Morgan fingerprint density at radius 1 is 0.333 bits per heavy atom. The first-order chi connectivity index (χ1) is 28.2. The molecule has 2 aliphatic heterocycles. The number of para-hydroxylation sites is 4. The predicted molar refractivity (Wildman–Crippen MR) is 246 cm³/mol. The first-order valence-corrected chi connectivity index (χ1v) is 21.3. The highest BCUT2D eigenvalue weighted by Gasteiger charge is 2.40. The summed E-state index contributed by atoms with van der Waals surface area (Å²) in [4.78, 5) is 7.34. The highest BCUT2D eigenvalue weighted by atomic mass is 32.1. The van der Waals surface area contributed by atoms with Crippen molar-refractivity contribution in [1.29, 1.82) is 0 Å². The molecule has 4 heterocycles. The third-order valence-corrected chi connectivity index (χ3v) is 14.0. The quantitative estimate of drug-likeness (QED) is 0.142. The number of fused-ring (bicyclic) bond motifs is 4. The van der Waals surface area contributed by atoms with Crippen LogP contribution < -0.4 is 24.8 Å². The van der Waals surface area contributed by atoms with Crippen molar-refractivity contribution in [2.75, 3.05) is 9.80 Å². The van der Waals surface area contributed by atoms with Crippen molar-refractivity contribution in [3.05, 3.63) is 222 Å². The van der Waals surface area contributed by atoms with E-state index in [0.717, 1.165) is 47.0 Å². The molecule has 270 valence electrons. The molecule has 2 aromatic heterocycles. The lowest BCUT2D eigenvalue weighted by Gasteiger charge is -2.30. The smallest absolute Gasteiger partial charge is 0.267 e. The Balaban J connectivity index is 0.935. The lowest BCUT2D eigenvalue weighted by Crippen LogP contribution is -2.58. The summed E-state index contributed by atoms with van der Waals surface area (Å²) >= 11 is 3.98. The van der Waals surface area contributed by atoms with Crippen LogP contribution >= 0.6 is 22.7 Å². The third-order valence-electron chi connectivity index (χ3n) is 11.4. The fourth-order valence-electron chi connectivity index (χ4n) is 8.82. The van der Waals surface area contributed by atoms with Crippen molar-refractivity contribution in [3.63, 3.8) is 0 Å². The van der Waals surface area contributed by atoms with Gasteiger partial charge in [-0.3, -0.25) is 0 Å². The topological polar surface area (TPSA) is 6.48 Å². The van der Waals surface area contributed by atoms with Crippen molar-refractivity contribution in [1.82, 2.24) is 0 Å². The summed E-state index contributed by atoms with van der Waals surface area (Å²) in [6.45, 7) is 0.276. The van der Waals surface area contributed by atoms with Crippen molar-refractivity contribution >= 4 is 78.5 Å². The van der Waals surface area contributed by atoms with Gasteiger partial charge >= 0.3 is 0 Å². The Labute approximate surface area is 342 Å². The Hall–Kier alpha value is -6.40. The normalized spacial score (nSPS) is 12.4. The second-order valence-electron chi connectivity index (χ2n) is 14.9. The third kappa shape index (κ3) is 6.11. The van der Waals surface area contributed by atoms with Crippen LogP contribution in [0.25, 0.3) is 20.9 Å². The first kappa shape index (κ1) is 33.9. The molecule has 0 fully saturated rings. The summed E-state index contributed by atoms with van der Waals surface area (Å²) in [6.07, 6.45) is 1.99. The lowest BCUT2D eigenvalue weighted by atomic mass is 9.36. The zero-order chi connectivity index (χ0) is 37.7. The van der Waals surface area contributed by atoms with Crippen LogP contribution in [0.4, 0.5) is 34.1 Å². The number of rotatable bonds is 8. The van der Waals surface area contributed by atoms with Crippen LogP contribution in [0.3, 0.4) is 0 Å². The van der Waals surface area contributed by atoms with E-state index in [0.29, 0.717) is 0 Å². The van der Waals surface area contributed by atoms with Gasteiger partial charge in [0.15, 0.2) is 0 Å². The fourth-order valence-corrected chi connectivity index (χ4v) is 11.5. The highest BCUT2D eigenvalue weighted by Crippen LogP contribution is 2.40. The second-order valence-corrected chi connectivity index (χ2v) is 17.1. The zero-order valence-electron chi connectivity index (χ0n) is 31.3. The van der Waals surface area contributed by atoms with Gasteiger partial charge in [-0.25, -0.2) is 0 Å². The molecule has 0 radical (unpaired) electrons. The minimum Gasteiger partial charge on any atom is -0.311 e. The average molecular weight is 765 g/mol. The number of benzene rings is 7. The van der Waals surface area contributed by atoms with Crippen LogP contribution in [0, 0.1) is 0 Å². The van der Waals surface area contributed by atoms with Crippen LogP contribution in [0.2, 0.25) is 0 Å². The molecule has 0 amide bonds. The SMILES string of the molecule is c1ccc(N(c2ccccc2)c2ccc(-c3cc4c(s3)B3c5sc(-c6ccc(N(c7ccccc7)c7ccccc7)cc6)cc5Cc5cccc(c53)C4)cc2)cc1. The first-order valence-electron chi connectivity index (χ1n) is 19.6. The van der Waals surface area contributed by atoms with E-state index in [-0.39, 0.29) is 6.71 Å². The second kappa shape index (κ2) is 14.3. The number of anilines is 6. The maximum Gasteiger partial charge on any atom is 0.267 e. The van der Waals surface area contributed by atoms with E-state index in [2.05, 4.69) is 210 Å². The van der Waals surface area contributed by atoms with Gasteiger partial charge in [0.1, 0.15) is 0 Å². The molecule has 11 rings (SSSR count). The van der Waals surface area contributed by atoms with Crippen LogP contribution in [0.1, 0.15) is 22.3 Å². The summed E-state index contributed by atoms with van der Waals surface area (Å²) < 4.78 is 3.02. The van der Waals surface area contributed by atoms with E-state index >= 15 is 0 Å². The summed E-state index contributed by atoms with van der Waals surface area (Å²) in [5.74, 6) is 0. The molecule has 0 spiro atoms. The zero-order valence-corrected chi connectivity index (χ0v) is 32.9. The molecule has 9 aromatic rings. The Morgan fingerprint density at radius 2 is 0.667 bits per heavy atom. The molecule has 0 bridgehead atoms. The lowest BCUT2D eigenvalue weighted by molar-refractivity contribution is 1.16. The Kier molecular flexibility index (Phi) is 8.49. The van der Waals surface area contributed by atoms with Gasteiger partial charge in [0, 0.05) is 43.9 Å². The molecule has 0 unspecified atom stereocenters. The molecule has 0 aliphatic carbocycles. The molecule has 0 N–H and O–H groups in total. The van der Waals surface area contributed by atoms with Gasteiger partial charge in [-0.15, -0.1) is 22.7 Å². The van der Waals surface area contributed by atoms with E-state index in [1.54, 1.807) is 5.46 Å². The van der Waals surface area contributed by atoms with E-state index in [1.165, 1.54) is 52.7 Å². The van der Waals surface area contributed by atoms with Gasteiger partial charge in [0.2, 0.25) is 0 Å². The largest absolute Gasteiger partial charge is 0.311 e. The minimum atomic E-state index is 0.276. The molecular formula is C52H37BN2S2. The van der Waals surface area contributed by atoms with Gasteiger partial charge in [-0.05, 0) is 141 Å². The molecule has 2 aliphatic rings. The van der Waals surface area contributed by atoms with Gasteiger partial charge in [0.25, 0.3) is 6.71 Å². The van der Waals surface area contributed by atoms with Crippen LogP contribution in [-0.2, 0) is 12.8 Å². The number of hydrogen-bond donors (Lipinski definition) is 0. The minimum absolute atomic E-state index is 0.276. The molecule has 7 aromatic carbocycles. The maximum absolute atomic E-state index is 2.48. The van der Waals surface area contributed by atoms with Crippen molar-refractivity contribution < 1.29 is 0 Å². The van der Waals surface area contributed by atoms with Gasteiger partial charge in [0.05, 0.1) is 0 Å². The summed E-state index contributed by atoms with van der Waals surface area (Å²) in [5.41, 5.74) is 16.9. The number of nitrogens with zero attached hydrogens (tertiary/aromatic N) is 2. The van der Waals surface area contributed by atoms with Gasteiger partial charge < -0.3 is 9.80 Å². The fraction of sp³-hybridized carbons (Fsp3) is 0.0385. The van der Waals surface area contributed by atoms with Crippen molar-refractivity contribution in [3.8, 4) is 20.9 Å². The standard InChI is InChI=1S/C52H37BN2S2/c1-5-16-42(17-6-1)54(43-18-7-2-8-19-43)46-28-24-36(25-29-46)48-34-40-32-38-14-13-15-39-33-41-35-49(57-52(41)53(50(38)39)51(40)56-48)37-26-30-47(31-27-37)55(44-20-9-3-10-21-44)45-22-11-4-12-23-45/h1-31,34-35H,32-33H2. The monoisotopic (exact) mass is 764 g/mol. The molecule has 0 saturated heterocycles. The molecule has 5 heteroatoms. The van der Waals surface area contributed by atoms with Crippen LogP contribution in [0.5, 0.6) is 0 Å². The number of thiophene rings is 2. The Morgan fingerprint density at radius 3 is 1.02 bits per heavy atom. The molecule has 57 heavy (non-hydrogen) atoms. The van der Waals surface area contributed by atoms with Crippen molar-refractivity contribution in [2.24, 2.45) is 0 Å². The highest BCUT2D eigenvalue weighted by molar-refractivity contribution is 7.37. The Bertz CT molecular complexity index is 2560. The molecule has 2 nitrogen and oxygen atoms in total. The van der Waals surface area contributed by atoms with Gasteiger partial charge in [-0.1, -0.05) is 121 Å². The van der Waals surface area contributed by atoms with E-state index in [1.807, 2.05) is 22.7 Å². The summed E-state index contributed by atoms with van der Waals surface area (Å²) in [5, 5.41) is 0. The van der Waals surface area contributed by atoms with Crippen molar-refractivity contribution in [2.45, 2.75) is 12.8 Å². The number of hydrogen-bond acceptors (Lipinski definition) is 4. The average Bonchev–Trinajstić information content (AvgIpc) is 3.91. The molecular weight excluding hydrogens is 728 g/mol. The van der Waals surface area contributed by atoms with E-state index < -0.39 is 0 Å². The van der Waals surface area contributed by atoms with E-state index in [4.69, 9.17) is 0 Å². The van der Waals surface area contributed by atoms with Gasteiger partial charge in [-0.2, -0.15) is 0 Å². The van der Waals surface area contributed by atoms with E-state index in [9.17, 15) is 0 Å². The predicted octanol–water partition coefficient (Wildman–Crippen LogP) is 12.4. The maximum atomic E-state index is 2.48. The molecule has 0 atom stereocenters. The summed E-state index contributed by atoms with van der Waals surface area (Å²) in [7, 11) is 0. The summed E-state index contributed by atoms with van der Waals surface area (Å²) in [6, 6.07) is 72.8. The molecule has 0 saturated carbocycles. The van der Waals surface area contributed by atoms with Crippen LogP contribution in [-0.4, -0.2) is 6.71 Å². The van der Waals surface area contributed by atoms with Crippen LogP contribution in [0.15, 0.2) is 200 Å².